The van der Waals surface area contributed by atoms with Crippen LogP contribution in [0.15, 0.2) is 12.4 Å². The number of aromatic nitrogens is 2. The zero-order valence-electron chi connectivity index (χ0n) is 10.1. The largest absolute Gasteiger partial charge is 0.299 e. The second kappa shape index (κ2) is 4.60. The van der Waals surface area contributed by atoms with Crippen molar-refractivity contribution in [2.75, 3.05) is 0 Å². The van der Waals surface area contributed by atoms with Crippen LogP contribution in [0.3, 0.4) is 0 Å². The molecule has 3 nitrogen and oxygen atoms in total. The Hall–Kier alpha value is -1.12. The summed E-state index contributed by atoms with van der Waals surface area (Å²) < 4.78 is 1.89. The van der Waals surface area contributed by atoms with E-state index in [2.05, 4.69) is 12.0 Å². The topological polar surface area (TPSA) is 34.9 Å². The molecule has 3 heteroatoms. The summed E-state index contributed by atoms with van der Waals surface area (Å²) in [5.41, 5.74) is 0.926. The van der Waals surface area contributed by atoms with Gasteiger partial charge in [-0.15, -0.1) is 0 Å². The molecule has 0 amide bonds. The van der Waals surface area contributed by atoms with Crippen LogP contribution in [0.5, 0.6) is 0 Å². The first-order valence-corrected chi connectivity index (χ1v) is 5.48. The Morgan fingerprint density at radius 2 is 2.13 bits per heavy atom. The molecule has 0 radical (unpaired) electrons. The first-order valence-electron chi connectivity index (χ1n) is 5.48. The summed E-state index contributed by atoms with van der Waals surface area (Å²) in [7, 11) is 0. The summed E-state index contributed by atoms with van der Waals surface area (Å²) in [5.74, 6) is 0.312. The molecule has 0 fully saturated rings. The molecular weight excluding hydrogens is 188 g/mol. The normalized spacial score (nSPS) is 11.7. The first kappa shape index (κ1) is 12.0. The third-order valence-electron chi connectivity index (χ3n) is 2.49. The Kier molecular flexibility index (Phi) is 3.66. The molecule has 0 saturated heterocycles. The summed E-state index contributed by atoms with van der Waals surface area (Å²) in [4.78, 5) is 11.7. The van der Waals surface area contributed by atoms with Gasteiger partial charge in [-0.3, -0.25) is 9.48 Å². The zero-order chi connectivity index (χ0) is 11.5. The van der Waals surface area contributed by atoms with Gasteiger partial charge < -0.3 is 0 Å². The van der Waals surface area contributed by atoms with Crippen LogP contribution < -0.4 is 0 Å². The average Bonchev–Trinajstić information content (AvgIpc) is 2.60. The predicted molar refractivity (Wildman–Crippen MR) is 60.7 cm³/mol. The van der Waals surface area contributed by atoms with Gasteiger partial charge in [0.05, 0.1) is 6.20 Å². The highest BCUT2D eigenvalue weighted by molar-refractivity contribution is 5.83. The molecule has 0 aliphatic carbocycles. The van der Waals surface area contributed by atoms with Gasteiger partial charge in [-0.1, -0.05) is 20.8 Å². The van der Waals surface area contributed by atoms with Gasteiger partial charge in [-0.2, -0.15) is 5.10 Å². The lowest BCUT2D eigenvalue weighted by Gasteiger charge is -2.15. The molecule has 1 rings (SSSR count). The quantitative estimate of drug-likeness (QED) is 0.761. The van der Waals surface area contributed by atoms with Crippen LogP contribution in [-0.2, 0) is 17.8 Å². The third kappa shape index (κ3) is 3.50. The Morgan fingerprint density at radius 3 is 2.60 bits per heavy atom. The number of hydrogen-bond acceptors (Lipinski definition) is 2. The monoisotopic (exact) mass is 208 g/mol. The van der Waals surface area contributed by atoms with Crippen molar-refractivity contribution in [1.29, 1.82) is 0 Å². The van der Waals surface area contributed by atoms with E-state index < -0.39 is 0 Å². The third-order valence-corrected chi connectivity index (χ3v) is 2.49. The van der Waals surface area contributed by atoms with Gasteiger partial charge in [0, 0.05) is 24.6 Å². The summed E-state index contributed by atoms with van der Waals surface area (Å²) in [6, 6.07) is 0. The molecule has 0 spiro atoms. The van der Waals surface area contributed by atoms with Gasteiger partial charge in [0.2, 0.25) is 0 Å². The van der Waals surface area contributed by atoms with E-state index in [9.17, 15) is 4.79 Å². The van der Waals surface area contributed by atoms with E-state index in [1.54, 1.807) is 0 Å². The lowest BCUT2D eigenvalue weighted by molar-refractivity contribution is -0.126. The summed E-state index contributed by atoms with van der Waals surface area (Å²) in [6.45, 7) is 8.82. The molecule has 15 heavy (non-hydrogen) atoms. The molecule has 0 aliphatic rings. The maximum atomic E-state index is 11.7. The van der Waals surface area contributed by atoms with Crippen molar-refractivity contribution in [3.8, 4) is 0 Å². The van der Waals surface area contributed by atoms with E-state index in [4.69, 9.17) is 0 Å². The van der Waals surface area contributed by atoms with E-state index in [0.717, 1.165) is 18.5 Å². The van der Waals surface area contributed by atoms with E-state index in [0.29, 0.717) is 12.2 Å². The Balaban J connectivity index is 2.47. The molecule has 0 atom stereocenters. The maximum absolute atomic E-state index is 11.7. The average molecular weight is 208 g/mol. The van der Waals surface area contributed by atoms with Gasteiger partial charge in [-0.05, 0) is 18.9 Å². The van der Waals surface area contributed by atoms with Gasteiger partial charge in [-0.25, -0.2) is 0 Å². The van der Waals surface area contributed by atoms with Crippen LogP contribution in [0.25, 0.3) is 0 Å². The smallest absolute Gasteiger partial charge is 0.138 e. The molecule has 1 aromatic heterocycles. The van der Waals surface area contributed by atoms with Gasteiger partial charge >= 0.3 is 0 Å². The fourth-order valence-electron chi connectivity index (χ4n) is 1.34. The second-order valence-corrected chi connectivity index (χ2v) is 4.88. The predicted octanol–water partition coefficient (Wildman–Crippen LogP) is 2.45. The number of hydrogen-bond donors (Lipinski definition) is 0. The highest BCUT2D eigenvalue weighted by Gasteiger charge is 2.20. The lowest BCUT2D eigenvalue weighted by Crippen LogP contribution is -2.20. The molecule has 0 bridgehead atoms. The number of carbonyl (C=O) groups is 1. The highest BCUT2D eigenvalue weighted by Crippen LogP contribution is 2.18. The second-order valence-electron chi connectivity index (χ2n) is 4.88. The van der Waals surface area contributed by atoms with Crippen molar-refractivity contribution < 1.29 is 4.79 Å². The SMILES string of the molecule is CCn1cc(CCC(=O)C(C)(C)C)cn1. The van der Waals surface area contributed by atoms with Gasteiger partial charge in [0.1, 0.15) is 5.78 Å². The number of ketones is 1. The lowest BCUT2D eigenvalue weighted by atomic mass is 9.88. The van der Waals surface area contributed by atoms with Crippen molar-refractivity contribution in [3.63, 3.8) is 0 Å². The van der Waals surface area contributed by atoms with Gasteiger partial charge in [0.15, 0.2) is 0 Å². The van der Waals surface area contributed by atoms with Crippen LogP contribution in [-0.4, -0.2) is 15.6 Å². The van der Waals surface area contributed by atoms with E-state index in [1.807, 2.05) is 37.8 Å². The van der Waals surface area contributed by atoms with Crippen molar-refractivity contribution in [3.05, 3.63) is 18.0 Å². The zero-order valence-corrected chi connectivity index (χ0v) is 10.1. The minimum Gasteiger partial charge on any atom is -0.299 e. The van der Waals surface area contributed by atoms with E-state index >= 15 is 0 Å². The van der Waals surface area contributed by atoms with Crippen molar-refractivity contribution in [2.24, 2.45) is 5.41 Å². The number of Topliss-reactive ketones (excluding diaryl/α,β-unsaturated/α-hetero) is 1. The minimum absolute atomic E-state index is 0.221. The Morgan fingerprint density at radius 1 is 1.47 bits per heavy atom. The molecule has 1 heterocycles. The van der Waals surface area contributed by atoms with Gasteiger partial charge in [0.25, 0.3) is 0 Å². The molecule has 1 aromatic rings. The van der Waals surface area contributed by atoms with Crippen LogP contribution in [0.4, 0.5) is 0 Å². The molecule has 0 N–H and O–H groups in total. The summed E-state index contributed by atoms with van der Waals surface area (Å²) in [6.07, 6.45) is 5.27. The van der Waals surface area contributed by atoms with E-state index in [-0.39, 0.29) is 5.41 Å². The molecule has 0 aromatic carbocycles. The Bertz CT molecular complexity index is 334. The molecular formula is C12H20N2O. The number of nitrogens with zero attached hydrogens (tertiary/aromatic N) is 2. The molecule has 0 saturated carbocycles. The summed E-state index contributed by atoms with van der Waals surface area (Å²) in [5, 5.41) is 4.18. The van der Waals surface area contributed by atoms with Crippen LogP contribution in [0, 0.1) is 5.41 Å². The number of rotatable bonds is 4. The molecule has 0 aliphatic heterocycles. The van der Waals surface area contributed by atoms with E-state index in [1.165, 1.54) is 0 Å². The number of aryl methyl sites for hydroxylation is 2. The van der Waals surface area contributed by atoms with Crippen molar-refractivity contribution >= 4 is 5.78 Å². The van der Waals surface area contributed by atoms with Crippen LogP contribution in [0.1, 0.15) is 39.7 Å². The maximum Gasteiger partial charge on any atom is 0.138 e. The fourth-order valence-corrected chi connectivity index (χ4v) is 1.34. The Labute approximate surface area is 91.5 Å². The number of carbonyl (C=O) groups excluding carboxylic acids is 1. The molecule has 0 unspecified atom stereocenters. The molecule has 84 valence electrons. The minimum atomic E-state index is -0.221. The van der Waals surface area contributed by atoms with Crippen LogP contribution >= 0.6 is 0 Å². The standard InChI is InChI=1S/C12H20N2O/c1-5-14-9-10(8-13-14)6-7-11(15)12(2,3)4/h8-9H,5-7H2,1-4H3. The highest BCUT2D eigenvalue weighted by atomic mass is 16.1. The summed E-state index contributed by atoms with van der Waals surface area (Å²) >= 11 is 0. The first-order chi connectivity index (χ1) is 6.93. The van der Waals surface area contributed by atoms with Crippen molar-refractivity contribution in [1.82, 2.24) is 9.78 Å². The van der Waals surface area contributed by atoms with Crippen molar-refractivity contribution in [2.45, 2.75) is 47.1 Å². The van der Waals surface area contributed by atoms with Crippen LogP contribution in [0.2, 0.25) is 0 Å². The fraction of sp³-hybridized carbons (Fsp3) is 0.667.